The quantitative estimate of drug-likeness (QED) is 0.826. The van der Waals surface area contributed by atoms with Gasteiger partial charge in [0.15, 0.2) is 0 Å². The number of hydrogen-bond acceptors (Lipinski definition) is 5. The van der Waals surface area contributed by atoms with Gasteiger partial charge in [-0.2, -0.15) is 0 Å². The maximum absolute atomic E-state index is 11.1. The Bertz CT molecular complexity index is 613. The molecule has 90 valence electrons. The van der Waals surface area contributed by atoms with E-state index in [0.29, 0.717) is 11.3 Å². The van der Waals surface area contributed by atoms with Crippen molar-refractivity contribution in [2.24, 2.45) is 0 Å². The molecule has 2 aromatic rings. The molecule has 0 spiro atoms. The molecule has 1 aromatic heterocycles. The molecule has 2 rings (SSSR count). The molecule has 0 amide bonds. The lowest BCUT2D eigenvalue weighted by Gasteiger charge is -2.05. The van der Waals surface area contributed by atoms with E-state index < -0.39 is 11.9 Å². The maximum Gasteiger partial charge on any atom is 0.336 e. The van der Waals surface area contributed by atoms with Crippen LogP contribution in [-0.2, 0) is 0 Å². The molecule has 0 aliphatic heterocycles. The number of carbonyl (C=O) groups is 2. The molecule has 1 aromatic carbocycles. The van der Waals surface area contributed by atoms with Gasteiger partial charge in [-0.3, -0.25) is 0 Å². The third kappa shape index (κ3) is 2.14. The molecule has 0 saturated heterocycles. The Hall–Kier alpha value is -2.83. The molecule has 0 fully saturated rings. The maximum atomic E-state index is 11.1. The summed E-state index contributed by atoms with van der Waals surface area (Å²) in [4.78, 5) is 21.9. The average Bonchev–Trinajstić information content (AvgIpc) is 2.39. The average molecular weight is 245 g/mol. The van der Waals surface area contributed by atoms with Gasteiger partial charge in [0, 0.05) is 5.56 Å². The predicted octanol–water partition coefficient (Wildman–Crippen LogP) is 0.935. The van der Waals surface area contributed by atoms with Crippen LogP contribution >= 0.6 is 0 Å². The molecule has 2 N–H and O–H groups in total. The van der Waals surface area contributed by atoms with E-state index in [1.165, 1.54) is 24.4 Å². The standard InChI is InChI=1S/C11H7N3O4/c15-10(16)6-1-2-7(8(5-6)11(17)18)9-3-4-12-14-13-9/h1-5H,(H,15,16)(H,17,18). The highest BCUT2D eigenvalue weighted by atomic mass is 16.4. The van der Waals surface area contributed by atoms with E-state index >= 15 is 0 Å². The first-order chi connectivity index (χ1) is 8.59. The molecule has 0 unspecified atom stereocenters. The van der Waals surface area contributed by atoms with Crippen LogP contribution in [0.3, 0.4) is 0 Å². The van der Waals surface area contributed by atoms with E-state index in [1.807, 2.05) is 0 Å². The smallest absolute Gasteiger partial charge is 0.336 e. The third-order valence-electron chi connectivity index (χ3n) is 2.28. The zero-order chi connectivity index (χ0) is 13.1. The summed E-state index contributed by atoms with van der Waals surface area (Å²) >= 11 is 0. The van der Waals surface area contributed by atoms with E-state index in [-0.39, 0.29) is 11.1 Å². The fourth-order valence-corrected chi connectivity index (χ4v) is 1.46. The topological polar surface area (TPSA) is 113 Å². The highest BCUT2D eigenvalue weighted by Crippen LogP contribution is 2.22. The number of hydrogen-bond donors (Lipinski definition) is 2. The van der Waals surface area contributed by atoms with E-state index in [0.717, 1.165) is 6.07 Å². The van der Waals surface area contributed by atoms with Gasteiger partial charge in [0.1, 0.15) is 0 Å². The number of rotatable bonds is 3. The highest BCUT2D eigenvalue weighted by Gasteiger charge is 2.16. The normalized spacial score (nSPS) is 10.0. The minimum Gasteiger partial charge on any atom is -0.478 e. The van der Waals surface area contributed by atoms with Crippen LogP contribution in [0.25, 0.3) is 11.3 Å². The van der Waals surface area contributed by atoms with Crippen molar-refractivity contribution in [3.63, 3.8) is 0 Å². The fraction of sp³-hybridized carbons (Fsp3) is 0. The van der Waals surface area contributed by atoms with Gasteiger partial charge < -0.3 is 10.2 Å². The summed E-state index contributed by atoms with van der Waals surface area (Å²) in [6.45, 7) is 0. The van der Waals surface area contributed by atoms with E-state index in [1.54, 1.807) is 0 Å². The molecule has 0 bridgehead atoms. The zero-order valence-electron chi connectivity index (χ0n) is 8.94. The van der Waals surface area contributed by atoms with Crippen LogP contribution in [-0.4, -0.2) is 37.6 Å². The number of aromatic carboxylic acids is 2. The molecule has 0 radical (unpaired) electrons. The van der Waals surface area contributed by atoms with Gasteiger partial charge in [0.05, 0.1) is 23.0 Å². The van der Waals surface area contributed by atoms with Crippen LogP contribution in [0.5, 0.6) is 0 Å². The lowest BCUT2D eigenvalue weighted by atomic mass is 10.0. The first kappa shape index (κ1) is 11.6. The van der Waals surface area contributed by atoms with Gasteiger partial charge in [0.2, 0.25) is 0 Å². The summed E-state index contributed by atoms with van der Waals surface area (Å²) in [5.74, 6) is -2.42. The third-order valence-corrected chi connectivity index (χ3v) is 2.28. The van der Waals surface area contributed by atoms with Crippen molar-refractivity contribution in [3.8, 4) is 11.3 Å². The minimum absolute atomic E-state index is 0.0989. The summed E-state index contributed by atoms with van der Waals surface area (Å²) < 4.78 is 0. The van der Waals surface area contributed by atoms with Crippen molar-refractivity contribution in [2.75, 3.05) is 0 Å². The monoisotopic (exact) mass is 245 g/mol. The minimum atomic E-state index is -1.23. The molecule has 0 aliphatic rings. The number of nitrogens with zero attached hydrogens (tertiary/aromatic N) is 3. The predicted molar refractivity (Wildman–Crippen MR) is 59.2 cm³/mol. The number of carboxylic acids is 2. The summed E-state index contributed by atoms with van der Waals surface area (Å²) in [5.41, 5.74) is 0.371. The first-order valence-corrected chi connectivity index (χ1v) is 4.85. The van der Waals surface area contributed by atoms with Gasteiger partial charge in [-0.1, -0.05) is 6.07 Å². The van der Waals surface area contributed by atoms with Gasteiger partial charge in [-0.25, -0.2) is 9.59 Å². The number of aromatic nitrogens is 3. The summed E-state index contributed by atoms with van der Waals surface area (Å²) in [5, 5.41) is 28.5. The Balaban J connectivity index is 2.61. The van der Waals surface area contributed by atoms with Gasteiger partial charge in [0.25, 0.3) is 0 Å². The molecule has 0 aliphatic carbocycles. The van der Waals surface area contributed by atoms with Crippen LogP contribution < -0.4 is 0 Å². The Morgan fingerprint density at radius 1 is 1.06 bits per heavy atom. The van der Waals surface area contributed by atoms with Crippen molar-refractivity contribution in [3.05, 3.63) is 41.6 Å². The van der Waals surface area contributed by atoms with E-state index in [2.05, 4.69) is 15.4 Å². The lowest BCUT2D eigenvalue weighted by Crippen LogP contribution is -2.05. The Morgan fingerprint density at radius 2 is 1.83 bits per heavy atom. The highest BCUT2D eigenvalue weighted by molar-refractivity contribution is 5.99. The second kappa shape index (κ2) is 4.58. The summed E-state index contributed by atoms with van der Waals surface area (Å²) in [6, 6.07) is 5.28. The molecule has 18 heavy (non-hydrogen) atoms. The largest absolute Gasteiger partial charge is 0.478 e. The Morgan fingerprint density at radius 3 is 2.39 bits per heavy atom. The SMILES string of the molecule is O=C(O)c1ccc(-c2ccnnn2)c(C(=O)O)c1. The second-order valence-electron chi connectivity index (χ2n) is 3.38. The van der Waals surface area contributed by atoms with Crippen LogP contribution in [0.2, 0.25) is 0 Å². The van der Waals surface area contributed by atoms with E-state index in [9.17, 15) is 9.59 Å². The van der Waals surface area contributed by atoms with Crippen molar-refractivity contribution in [2.45, 2.75) is 0 Å². The first-order valence-electron chi connectivity index (χ1n) is 4.85. The van der Waals surface area contributed by atoms with Crippen molar-refractivity contribution in [1.29, 1.82) is 0 Å². The van der Waals surface area contributed by atoms with Crippen LogP contribution in [0.1, 0.15) is 20.7 Å². The number of benzene rings is 1. The summed E-state index contributed by atoms with van der Waals surface area (Å²) in [7, 11) is 0. The van der Waals surface area contributed by atoms with Crippen LogP contribution in [0.4, 0.5) is 0 Å². The number of carboxylic acid groups (broad SMARTS) is 2. The fourth-order valence-electron chi connectivity index (χ4n) is 1.46. The molecule has 1 heterocycles. The van der Waals surface area contributed by atoms with E-state index in [4.69, 9.17) is 10.2 Å². The van der Waals surface area contributed by atoms with Crippen molar-refractivity contribution < 1.29 is 19.8 Å². The van der Waals surface area contributed by atoms with Crippen LogP contribution in [0.15, 0.2) is 30.5 Å². The second-order valence-corrected chi connectivity index (χ2v) is 3.38. The Labute approximate surface area is 101 Å². The van der Waals surface area contributed by atoms with Gasteiger partial charge in [-0.05, 0) is 23.4 Å². The van der Waals surface area contributed by atoms with Crippen LogP contribution in [0, 0.1) is 0 Å². The zero-order valence-corrected chi connectivity index (χ0v) is 8.94. The molecule has 7 heteroatoms. The lowest BCUT2D eigenvalue weighted by molar-refractivity contribution is 0.0696. The molecule has 0 saturated carbocycles. The molecular weight excluding hydrogens is 238 g/mol. The Kier molecular flexibility index (Phi) is 2.96. The van der Waals surface area contributed by atoms with Gasteiger partial charge >= 0.3 is 11.9 Å². The molecule has 0 atom stereocenters. The van der Waals surface area contributed by atoms with Gasteiger partial charge in [-0.15, -0.1) is 10.2 Å². The molecule has 7 nitrogen and oxygen atoms in total. The van der Waals surface area contributed by atoms with Crippen molar-refractivity contribution >= 4 is 11.9 Å². The molecular formula is C11H7N3O4. The van der Waals surface area contributed by atoms with Crippen molar-refractivity contribution in [1.82, 2.24) is 15.4 Å². The summed E-state index contributed by atoms with van der Waals surface area (Å²) in [6.07, 6.45) is 1.37.